The lowest BCUT2D eigenvalue weighted by Gasteiger charge is -2.56. The molecule has 2 aliphatic heterocycles. The van der Waals surface area contributed by atoms with E-state index in [0.717, 1.165) is 12.1 Å². The normalized spacial score (nSPS) is 30.9. The van der Waals surface area contributed by atoms with Crippen LogP contribution in [0.4, 0.5) is 0 Å². The molecule has 0 spiro atoms. The average molecular weight is 266 g/mol. The summed E-state index contributed by atoms with van der Waals surface area (Å²) in [5, 5.41) is 0. The lowest BCUT2D eigenvalue weighted by Crippen LogP contribution is -2.66. The third kappa shape index (κ3) is 2.58. The van der Waals surface area contributed by atoms with Crippen LogP contribution in [0.5, 0.6) is 0 Å². The molecule has 2 heteroatoms. The molecule has 2 rings (SSSR count). The Kier molecular flexibility index (Phi) is 3.59. The summed E-state index contributed by atoms with van der Waals surface area (Å²) >= 11 is 0. The molecule has 2 unspecified atom stereocenters. The van der Waals surface area contributed by atoms with Gasteiger partial charge in [-0.1, -0.05) is 20.8 Å². The molecule has 0 radical (unpaired) electrons. The summed E-state index contributed by atoms with van der Waals surface area (Å²) in [5.41, 5.74) is 0.930. The van der Waals surface area contributed by atoms with E-state index in [1.807, 2.05) is 0 Å². The zero-order valence-electron chi connectivity index (χ0n) is 14.4. The van der Waals surface area contributed by atoms with Gasteiger partial charge in [0.15, 0.2) is 0 Å². The molecule has 2 heterocycles. The Morgan fingerprint density at radius 3 is 1.47 bits per heavy atom. The predicted octanol–water partition coefficient (Wildman–Crippen LogP) is 3.76. The van der Waals surface area contributed by atoms with E-state index >= 15 is 0 Å². The maximum absolute atomic E-state index is 2.86. The van der Waals surface area contributed by atoms with E-state index in [4.69, 9.17) is 0 Å². The number of hydrogen-bond acceptors (Lipinski definition) is 2. The summed E-state index contributed by atoms with van der Waals surface area (Å²) in [6.07, 6.45) is 2.77. The van der Waals surface area contributed by atoms with Gasteiger partial charge in [0.05, 0.1) is 0 Å². The van der Waals surface area contributed by atoms with Gasteiger partial charge in [-0.3, -0.25) is 9.80 Å². The smallest absolute Gasteiger partial charge is 0.0232 e. The van der Waals surface area contributed by atoms with Crippen LogP contribution in [0.25, 0.3) is 0 Å². The second-order valence-corrected chi connectivity index (χ2v) is 9.18. The van der Waals surface area contributed by atoms with Gasteiger partial charge in [0, 0.05) is 36.3 Å². The molecule has 0 aliphatic carbocycles. The Morgan fingerprint density at radius 2 is 1.16 bits per heavy atom. The fourth-order valence-corrected chi connectivity index (χ4v) is 3.75. The maximum Gasteiger partial charge on any atom is 0.0232 e. The topological polar surface area (TPSA) is 6.48 Å². The van der Waals surface area contributed by atoms with E-state index in [0.29, 0.717) is 11.0 Å². The second kappa shape index (κ2) is 4.46. The molecule has 2 nitrogen and oxygen atoms in total. The molecule has 0 amide bonds. The van der Waals surface area contributed by atoms with Crippen LogP contribution in [0.15, 0.2) is 0 Å². The number of likely N-dealkylation sites (tertiary alicyclic amines) is 1. The highest BCUT2D eigenvalue weighted by molar-refractivity contribution is 5.06. The maximum atomic E-state index is 2.86. The van der Waals surface area contributed by atoms with Crippen molar-refractivity contribution in [2.45, 2.75) is 91.4 Å². The van der Waals surface area contributed by atoms with Gasteiger partial charge in [-0.25, -0.2) is 0 Å². The van der Waals surface area contributed by atoms with E-state index in [2.05, 4.69) is 65.2 Å². The van der Waals surface area contributed by atoms with Gasteiger partial charge >= 0.3 is 0 Å². The average Bonchev–Trinajstić information content (AvgIpc) is 2.47. The Balaban J connectivity index is 2.21. The number of piperazine rings is 1. The summed E-state index contributed by atoms with van der Waals surface area (Å²) in [4.78, 5) is 5.56. The first-order valence-electron chi connectivity index (χ1n) is 7.98. The monoisotopic (exact) mass is 266 g/mol. The van der Waals surface area contributed by atoms with Crippen molar-refractivity contribution in [1.29, 1.82) is 0 Å². The van der Waals surface area contributed by atoms with E-state index in [1.54, 1.807) is 0 Å². The SMILES string of the molecule is CC(C)(C)N1CC2CCC(C1)N2C(C)(C)C(C)(C)C. The van der Waals surface area contributed by atoms with Crippen molar-refractivity contribution >= 4 is 0 Å². The van der Waals surface area contributed by atoms with Crippen molar-refractivity contribution in [3.8, 4) is 0 Å². The largest absolute Gasteiger partial charge is 0.295 e. The van der Waals surface area contributed by atoms with Crippen LogP contribution < -0.4 is 0 Å². The Hall–Kier alpha value is -0.0800. The van der Waals surface area contributed by atoms with Gasteiger partial charge in [0.2, 0.25) is 0 Å². The number of rotatable bonds is 1. The molecule has 2 aliphatic rings. The predicted molar refractivity (Wildman–Crippen MR) is 83.5 cm³/mol. The number of hydrogen-bond donors (Lipinski definition) is 0. The molecule has 0 saturated carbocycles. The van der Waals surface area contributed by atoms with E-state index in [1.165, 1.54) is 25.9 Å². The van der Waals surface area contributed by atoms with Crippen molar-refractivity contribution in [2.24, 2.45) is 5.41 Å². The minimum atomic E-state index is 0.281. The molecule has 0 aromatic carbocycles. The fourth-order valence-electron chi connectivity index (χ4n) is 3.75. The van der Waals surface area contributed by atoms with Crippen LogP contribution in [0, 0.1) is 5.41 Å². The minimum absolute atomic E-state index is 0.281. The summed E-state index contributed by atoms with van der Waals surface area (Å²) in [6.45, 7) is 21.6. The first-order chi connectivity index (χ1) is 8.44. The van der Waals surface area contributed by atoms with Gasteiger partial charge in [-0.15, -0.1) is 0 Å². The van der Waals surface area contributed by atoms with Crippen LogP contribution >= 0.6 is 0 Å². The summed E-state index contributed by atoms with van der Waals surface area (Å²) in [6, 6.07) is 1.51. The second-order valence-electron chi connectivity index (χ2n) is 9.18. The quantitative estimate of drug-likeness (QED) is 0.713. The Bertz CT molecular complexity index is 318. The zero-order valence-corrected chi connectivity index (χ0v) is 14.4. The number of fused-ring (bicyclic) bond motifs is 2. The van der Waals surface area contributed by atoms with Gasteiger partial charge < -0.3 is 0 Å². The Morgan fingerprint density at radius 1 is 0.737 bits per heavy atom. The third-order valence-corrected chi connectivity index (χ3v) is 5.91. The van der Waals surface area contributed by atoms with Crippen molar-refractivity contribution < 1.29 is 0 Å². The summed E-state index contributed by atoms with van der Waals surface area (Å²) in [7, 11) is 0. The lowest BCUT2D eigenvalue weighted by molar-refractivity contribution is -0.0744. The molecule has 19 heavy (non-hydrogen) atoms. The molecular formula is C17H34N2. The van der Waals surface area contributed by atoms with Crippen molar-refractivity contribution in [3.05, 3.63) is 0 Å². The molecule has 0 aromatic heterocycles. The molecule has 112 valence electrons. The van der Waals surface area contributed by atoms with Crippen molar-refractivity contribution in [1.82, 2.24) is 9.80 Å². The standard InChI is InChI=1S/C17H34N2/c1-15(2,3)17(7,8)19-13-9-10-14(19)12-18(11-13)16(4,5)6/h13-14H,9-12H2,1-8H3. The highest BCUT2D eigenvalue weighted by atomic mass is 15.4. The van der Waals surface area contributed by atoms with E-state index in [-0.39, 0.29) is 5.54 Å². The van der Waals surface area contributed by atoms with Gasteiger partial charge in [0.25, 0.3) is 0 Å². The molecule has 0 aromatic rings. The molecule has 2 bridgehead atoms. The molecule has 2 saturated heterocycles. The molecule has 2 atom stereocenters. The summed E-state index contributed by atoms with van der Waals surface area (Å²) in [5.74, 6) is 0. The van der Waals surface area contributed by atoms with Crippen LogP contribution in [0.2, 0.25) is 0 Å². The van der Waals surface area contributed by atoms with Crippen LogP contribution in [-0.2, 0) is 0 Å². The van der Waals surface area contributed by atoms with Crippen molar-refractivity contribution in [3.63, 3.8) is 0 Å². The van der Waals surface area contributed by atoms with Crippen LogP contribution in [0.3, 0.4) is 0 Å². The van der Waals surface area contributed by atoms with Gasteiger partial charge in [0.1, 0.15) is 0 Å². The van der Waals surface area contributed by atoms with E-state index < -0.39 is 0 Å². The molecule has 2 fully saturated rings. The summed E-state index contributed by atoms with van der Waals surface area (Å²) < 4.78 is 0. The van der Waals surface area contributed by atoms with Crippen LogP contribution in [-0.4, -0.2) is 46.1 Å². The first kappa shape index (κ1) is 15.3. The van der Waals surface area contributed by atoms with Crippen LogP contribution in [0.1, 0.15) is 68.2 Å². The molecule has 0 N–H and O–H groups in total. The fraction of sp³-hybridized carbons (Fsp3) is 1.00. The molecular weight excluding hydrogens is 232 g/mol. The highest BCUT2D eigenvalue weighted by Gasteiger charge is 2.51. The zero-order chi connectivity index (χ0) is 14.6. The minimum Gasteiger partial charge on any atom is -0.295 e. The third-order valence-electron chi connectivity index (χ3n) is 5.91. The van der Waals surface area contributed by atoms with E-state index in [9.17, 15) is 0 Å². The van der Waals surface area contributed by atoms with Gasteiger partial charge in [-0.2, -0.15) is 0 Å². The number of nitrogens with zero attached hydrogens (tertiary/aromatic N) is 2. The first-order valence-corrected chi connectivity index (χ1v) is 7.98. The van der Waals surface area contributed by atoms with Crippen molar-refractivity contribution in [2.75, 3.05) is 13.1 Å². The lowest BCUT2D eigenvalue weighted by atomic mass is 9.74. The Labute approximate surface area is 120 Å². The highest BCUT2D eigenvalue weighted by Crippen LogP contribution is 2.44. The van der Waals surface area contributed by atoms with Gasteiger partial charge in [-0.05, 0) is 52.9 Å².